The molecule has 0 bridgehead atoms. The summed E-state index contributed by atoms with van der Waals surface area (Å²) < 4.78 is 4.72. The smallest absolute Gasteiger partial charge is 0.345 e. The number of nitrogens with zero attached hydrogens (tertiary/aromatic N) is 1. The number of aromatic nitrogens is 2. The molecule has 3 N–H and O–H groups in total. The Morgan fingerprint density at radius 2 is 2.10 bits per heavy atom. The van der Waals surface area contributed by atoms with E-state index in [-0.39, 0.29) is 29.5 Å². The first-order chi connectivity index (χ1) is 9.52. The maximum Gasteiger partial charge on any atom is 0.345 e. The molecular weight excluding hydrogens is 264 g/mol. The highest BCUT2D eigenvalue weighted by atomic mass is 16.5. The lowest BCUT2D eigenvalue weighted by atomic mass is 10.2. The van der Waals surface area contributed by atoms with Gasteiger partial charge in [-0.2, -0.15) is 0 Å². The fourth-order valence-corrected chi connectivity index (χ4v) is 1.57. The molecule has 0 saturated carbocycles. The van der Waals surface area contributed by atoms with Gasteiger partial charge in [0.25, 0.3) is 5.56 Å². The molecule has 0 spiro atoms. The second-order valence-corrected chi connectivity index (χ2v) is 3.90. The monoisotopic (exact) mass is 276 g/mol. The maximum absolute atomic E-state index is 11.8. The number of nitrogens with one attached hydrogen (secondary N) is 1. The lowest BCUT2D eigenvalue weighted by Crippen LogP contribution is -2.20. The molecule has 104 valence electrons. The van der Waals surface area contributed by atoms with Crippen LogP contribution in [0, 0.1) is 0 Å². The molecule has 0 saturated heterocycles. The van der Waals surface area contributed by atoms with Gasteiger partial charge in [0.2, 0.25) is 0 Å². The molecule has 0 fully saturated rings. The summed E-state index contributed by atoms with van der Waals surface area (Å²) in [5, 5.41) is 18.6. The molecule has 0 unspecified atom stereocenters. The van der Waals surface area contributed by atoms with Crippen molar-refractivity contribution < 1.29 is 19.7 Å². The van der Waals surface area contributed by atoms with Crippen molar-refractivity contribution in [3.05, 3.63) is 40.3 Å². The number of hydrogen-bond donors (Lipinski definition) is 3. The van der Waals surface area contributed by atoms with E-state index < -0.39 is 11.5 Å². The largest absolute Gasteiger partial charge is 0.504 e. The number of benzene rings is 1. The Morgan fingerprint density at radius 1 is 1.35 bits per heavy atom. The highest BCUT2D eigenvalue weighted by molar-refractivity contribution is 5.88. The normalized spacial score (nSPS) is 10.2. The van der Waals surface area contributed by atoms with E-state index in [9.17, 15) is 19.8 Å². The Hall–Kier alpha value is -2.83. The molecule has 0 atom stereocenters. The van der Waals surface area contributed by atoms with E-state index in [0.29, 0.717) is 5.56 Å². The lowest BCUT2D eigenvalue weighted by Gasteiger charge is -2.04. The van der Waals surface area contributed by atoms with Gasteiger partial charge in [-0.3, -0.25) is 4.79 Å². The van der Waals surface area contributed by atoms with Crippen LogP contribution in [0.1, 0.15) is 17.3 Å². The van der Waals surface area contributed by atoms with Crippen LogP contribution in [0.4, 0.5) is 0 Å². The van der Waals surface area contributed by atoms with E-state index in [0.717, 1.165) is 6.20 Å². The third kappa shape index (κ3) is 2.61. The number of rotatable bonds is 3. The molecule has 2 aromatic rings. The molecule has 1 heterocycles. The number of carbonyl (C=O) groups is 1. The van der Waals surface area contributed by atoms with Crippen LogP contribution in [0.15, 0.2) is 29.2 Å². The summed E-state index contributed by atoms with van der Waals surface area (Å²) in [5.74, 6) is -1.20. The van der Waals surface area contributed by atoms with Crippen molar-refractivity contribution in [2.24, 2.45) is 0 Å². The van der Waals surface area contributed by atoms with Crippen molar-refractivity contribution in [2.45, 2.75) is 6.92 Å². The van der Waals surface area contributed by atoms with Gasteiger partial charge < -0.3 is 19.9 Å². The molecule has 0 radical (unpaired) electrons. The van der Waals surface area contributed by atoms with E-state index in [1.807, 2.05) is 0 Å². The minimum atomic E-state index is -0.749. The van der Waals surface area contributed by atoms with E-state index in [1.54, 1.807) is 6.92 Å². The summed E-state index contributed by atoms with van der Waals surface area (Å²) >= 11 is 0. The van der Waals surface area contributed by atoms with E-state index >= 15 is 0 Å². The molecule has 0 aliphatic heterocycles. The molecule has 0 amide bonds. The van der Waals surface area contributed by atoms with Crippen molar-refractivity contribution in [1.29, 1.82) is 0 Å². The third-order valence-electron chi connectivity index (χ3n) is 2.54. The Balaban J connectivity index is 2.40. The van der Waals surface area contributed by atoms with Crippen LogP contribution in [0.3, 0.4) is 0 Å². The number of aromatic amines is 1. The van der Waals surface area contributed by atoms with Crippen LogP contribution in [0.25, 0.3) is 11.4 Å². The molecule has 1 aromatic carbocycles. The van der Waals surface area contributed by atoms with Crippen LogP contribution in [0.5, 0.6) is 11.5 Å². The molecular formula is C13H12N2O5. The van der Waals surface area contributed by atoms with Gasteiger partial charge in [0.15, 0.2) is 11.5 Å². The van der Waals surface area contributed by atoms with Crippen LogP contribution in [-0.4, -0.2) is 32.8 Å². The van der Waals surface area contributed by atoms with E-state index in [1.165, 1.54) is 18.2 Å². The van der Waals surface area contributed by atoms with Gasteiger partial charge >= 0.3 is 5.97 Å². The first kappa shape index (κ1) is 13.6. The SMILES string of the molecule is CCOC(=O)c1cnc(-c2ccc(O)c(O)c2)[nH]c1=O. The second-order valence-electron chi connectivity index (χ2n) is 3.90. The number of esters is 1. The van der Waals surface area contributed by atoms with Gasteiger partial charge in [0.1, 0.15) is 11.4 Å². The van der Waals surface area contributed by atoms with Gasteiger partial charge in [-0.25, -0.2) is 9.78 Å². The molecule has 0 aliphatic carbocycles. The number of phenols is 2. The summed E-state index contributed by atoms with van der Waals surface area (Å²) in [6.07, 6.45) is 1.11. The van der Waals surface area contributed by atoms with Crippen molar-refractivity contribution in [2.75, 3.05) is 6.61 Å². The average molecular weight is 276 g/mol. The topological polar surface area (TPSA) is 113 Å². The number of phenolic OH excluding ortho intramolecular Hbond substituents is 2. The molecule has 0 aliphatic rings. The Morgan fingerprint density at radius 3 is 2.70 bits per heavy atom. The Bertz CT molecular complexity index is 708. The van der Waals surface area contributed by atoms with Gasteiger partial charge in [-0.05, 0) is 25.1 Å². The fraction of sp³-hybridized carbons (Fsp3) is 0.154. The van der Waals surface area contributed by atoms with E-state index in [2.05, 4.69) is 9.97 Å². The van der Waals surface area contributed by atoms with Crippen molar-refractivity contribution in [3.8, 4) is 22.9 Å². The zero-order valence-corrected chi connectivity index (χ0v) is 10.6. The summed E-state index contributed by atoms with van der Waals surface area (Å²) in [6.45, 7) is 1.79. The van der Waals surface area contributed by atoms with Crippen LogP contribution in [0.2, 0.25) is 0 Å². The molecule has 7 nitrogen and oxygen atoms in total. The van der Waals surface area contributed by atoms with Crippen molar-refractivity contribution in [3.63, 3.8) is 0 Å². The second kappa shape index (κ2) is 5.43. The van der Waals surface area contributed by atoms with Crippen molar-refractivity contribution in [1.82, 2.24) is 9.97 Å². The van der Waals surface area contributed by atoms with Gasteiger partial charge in [-0.15, -0.1) is 0 Å². The van der Waals surface area contributed by atoms with Crippen LogP contribution in [-0.2, 0) is 4.74 Å². The standard InChI is InChI=1S/C13H12N2O5/c1-2-20-13(19)8-6-14-11(15-12(8)18)7-3-4-9(16)10(17)5-7/h3-6,16-17H,2H2,1H3,(H,14,15,18). The first-order valence-electron chi connectivity index (χ1n) is 5.81. The summed E-state index contributed by atoms with van der Waals surface area (Å²) in [7, 11) is 0. The number of carbonyl (C=O) groups excluding carboxylic acids is 1. The van der Waals surface area contributed by atoms with Gasteiger partial charge in [-0.1, -0.05) is 0 Å². The zero-order valence-electron chi connectivity index (χ0n) is 10.6. The number of aromatic hydroxyl groups is 2. The van der Waals surface area contributed by atoms with Crippen LogP contribution >= 0.6 is 0 Å². The number of H-pyrrole nitrogens is 1. The fourth-order valence-electron chi connectivity index (χ4n) is 1.57. The molecule has 7 heteroatoms. The molecule has 2 rings (SSSR count). The summed E-state index contributed by atoms with van der Waals surface area (Å²) in [4.78, 5) is 29.6. The van der Waals surface area contributed by atoms with Gasteiger partial charge in [0.05, 0.1) is 6.61 Å². The predicted molar refractivity (Wildman–Crippen MR) is 69.6 cm³/mol. The maximum atomic E-state index is 11.8. The minimum Gasteiger partial charge on any atom is -0.504 e. The minimum absolute atomic E-state index is 0.159. The summed E-state index contributed by atoms with van der Waals surface area (Å²) in [6, 6.07) is 3.99. The highest BCUT2D eigenvalue weighted by Crippen LogP contribution is 2.28. The molecule has 20 heavy (non-hydrogen) atoms. The van der Waals surface area contributed by atoms with Crippen LogP contribution < -0.4 is 5.56 Å². The Labute approximate surface area is 113 Å². The first-order valence-corrected chi connectivity index (χ1v) is 5.81. The number of hydrogen-bond acceptors (Lipinski definition) is 6. The summed E-state index contributed by atoms with van der Waals surface area (Å²) in [5.41, 5.74) is -0.438. The van der Waals surface area contributed by atoms with E-state index in [4.69, 9.17) is 4.74 Å². The lowest BCUT2D eigenvalue weighted by molar-refractivity contribution is 0.0523. The number of ether oxygens (including phenoxy) is 1. The predicted octanol–water partition coefficient (Wildman–Crippen LogP) is 1.02. The highest BCUT2D eigenvalue weighted by Gasteiger charge is 2.13. The molecule has 1 aromatic heterocycles. The van der Waals surface area contributed by atoms with Gasteiger partial charge in [0, 0.05) is 11.8 Å². The Kier molecular flexibility index (Phi) is 3.69. The zero-order chi connectivity index (χ0) is 14.7. The van der Waals surface area contributed by atoms with Crippen molar-refractivity contribution >= 4 is 5.97 Å². The average Bonchev–Trinajstić information content (AvgIpc) is 2.42. The quantitative estimate of drug-likeness (QED) is 0.570. The third-order valence-corrected chi connectivity index (χ3v) is 2.54.